The number of methoxy groups -OCH3 is 1. The van der Waals surface area contributed by atoms with E-state index in [9.17, 15) is 0 Å². The van der Waals surface area contributed by atoms with Gasteiger partial charge in [0, 0.05) is 38.1 Å². The van der Waals surface area contributed by atoms with Crippen LogP contribution < -0.4 is 15.4 Å². The summed E-state index contributed by atoms with van der Waals surface area (Å²) in [6.07, 6.45) is 3.76. The van der Waals surface area contributed by atoms with Crippen LogP contribution in [0, 0.1) is 0 Å². The average Bonchev–Trinajstić information content (AvgIpc) is 2.85. The first-order valence-electron chi connectivity index (χ1n) is 6.19. The molecule has 2 N–H and O–H groups in total. The molecule has 0 fully saturated rings. The van der Waals surface area contributed by atoms with E-state index in [2.05, 4.69) is 10.00 Å². The van der Waals surface area contributed by atoms with Gasteiger partial charge in [-0.1, -0.05) is 0 Å². The van der Waals surface area contributed by atoms with Crippen molar-refractivity contribution in [3.63, 3.8) is 0 Å². The maximum atomic E-state index is 6.18. The molecule has 0 saturated heterocycles. The Kier molecular flexibility index (Phi) is 4.06. The van der Waals surface area contributed by atoms with Gasteiger partial charge < -0.3 is 15.4 Å². The monoisotopic (exact) mass is 260 g/mol. The zero-order chi connectivity index (χ0) is 13.8. The number of nitrogens with zero attached hydrogens (tertiary/aromatic N) is 3. The van der Waals surface area contributed by atoms with Gasteiger partial charge in [0.1, 0.15) is 5.75 Å². The summed E-state index contributed by atoms with van der Waals surface area (Å²) in [6, 6.07) is 7.88. The maximum absolute atomic E-state index is 6.18. The first-order valence-corrected chi connectivity index (χ1v) is 6.19. The average molecular weight is 260 g/mol. The van der Waals surface area contributed by atoms with E-state index in [0.29, 0.717) is 0 Å². The Labute approximate surface area is 113 Å². The van der Waals surface area contributed by atoms with Crippen molar-refractivity contribution >= 4 is 5.69 Å². The lowest BCUT2D eigenvalue weighted by molar-refractivity contribution is 0.415. The van der Waals surface area contributed by atoms with Crippen LogP contribution in [-0.4, -0.2) is 30.5 Å². The predicted molar refractivity (Wildman–Crippen MR) is 76.4 cm³/mol. The van der Waals surface area contributed by atoms with E-state index in [1.165, 1.54) is 0 Å². The fourth-order valence-electron chi connectivity index (χ4n) is 1.97. The highest BCUT2D eigenvalue weighted by Gasteiger charge is 2.11. The quantitative estimate of drug-likeness (QED) is 0.886. The number of aryl methyl sites for hydroxylation is 1. The molecule has 0 bridgehead atoms. The van der Waals surface area contributed by atoms with Crippen LogP contribution in [0.15, 0.2) is 36.7 Å². The number of likely N-dealkylation sites (N-methyl/N-ethyl adjacent to an activating group) is 1. The Morgan fingerprint density at radius 3 is 2.58 bits per heavy atom. The summed E-state index contributed by atoms with van der Waals surface area (Å²) in [5.74, 6) is 0.855. The van der Waals surface area contributed by atoms with Crippen LogP contribution in [0.25, 0.3) is 0 Å². The van der Waals surface area contributed by atoms with Crippen molar-refractivity contribution in [2.24, 2.45) is 12.8 Å². The molecular formula is C14H20N4O. The molecule has 0 amide bonds. The number of anilines is 1. The molecule has 0 radical (unpaired) electrons. The van der Waals surface area contributed by atoms with Crippen LogP contribution in [0.5, 0.6) is 5.75 Å². The highest BCUT2D eigenvalue weighted by molar-refractivity contribution is 5.48. The van der Waals surface area contributed by atoms with Crippen molar-refractivity contribution < 1.29 is 4.74 Å². The summed E-state index contributed by atoms with van der Waals surface area (Å²) >= 11 is 0. The summed E-state index contributed by atoms with van der Waals surface area (Å²) in [5, 5.41) is 4.14. The van der Waals surface area contributed by atoms with E-state index in [1.54, 1.807) is 11.8 Å². The van der Waals surface area contributed by atoms with Gasteiger partial charge in [0.25, 0.3) is 0 Å². The Morgan fingerprint density at radius 2 is 2.05 bits per heavy atom. The fraction of sp³-hybridized carbons (Fsp3) is 0.357. The van der Waals surface area contributed by atoms with Crippen molar-refractivity contribution in [1.29, 1.82) is 0 Å². The molecule has 5 nitrogen and oxygen atoms in total. The van der Waals surface area contributed by atoms with Crippen molar-refractivity contribution in [2.75, 3.05) is 25.6 Å². The van der Waals surface area contributed by atoms with E-state index >= 15 is 0 Å². The third-order valence-electron chi connectivity index (χ3n) is 3.14. The minimum absolute atomic E-state index is 0.0548. The van der Waals surface area contributed by atoms with Crippen LogP contribution in [-0.2, 0) is 7.05 Å². The zero-order valence-electron chi connectivity index (χ0n) is 11.6. The number of ether oxygens (including phenoxy) is 1. The highest BCUT2D eigenvalue weighted by Crippen LogP contribution is 2.20. The molecule has 1 unspecified atom stereocenters. The van der Waals surface area contributed by atoms with Crippen LogP contribution >= 0.6 is 0 Å². The van der Waals surface area contributed by atoms with Crippen LogP contribution in [0.4, 0.5) is 5.69 Å². The number of rotatable bonds is 5. The highest BCUT2D eigenvalue weighted by atomic mass is 16.5. The van der Waals surface area contributed by atoms with E-state index in [1.807, 2.05) is 50.8 Å². The van der Waals surface area contributed by atoms with Gasteiger partial charge in [-0.05, 0) is 24.3 Å². The third-order valence-corrected chi connectivity index (χ3v) is 3.14. The van der Waals surface area contributed by atoms with Gasteiger partial charge in [0.05, 0.1) is 19.3 Å². The molecule has 19 heavy (non-hydrogen) atoms. The molecular weight excluding hydrogens is 240 g/mol. The van der Waals surface area contributed by atoms with Gasteiger partial charge in [0.15, 0.2) is 0 Å². The third kappa shape index (κ3) is 3.26. The lowest BCUT2D eigenvalue weighted by atomic mass is 10.1. The minimum atomic E-state index is -0.0548. The van der Waals surface area contributed by atoms with Gasteiger partial charge in [-0.2, -0.15) is 5.10 Å². The largest absolute Gasteiger partial charge is 0.497 e. The van der Waals surface area contributed by atoms with E-state index in [4.69, 9.17) is 10.5 Å². The number of benzene rings is 1. The molecule has 1 aromatic heterocycles. The molecule has 0 spiro atoms. The molecule has 2 aromatic rings. The molecule has 2 rings (SSSR count). The summed E-state index contributed by atoms with van der Waals surface area (Å²) in [5.41, 5.74) is 8.34. The second kappa shape index (κ2) is 5.75. The molecule has 102 valence electrons. The first-order chi connectivity index (χ1) is 9.10. The Morgan fingerprint density at radius 1 is 1.37 bits per heavy atom. The van der Waals surface area contributed by atoms with Gasteiger partial charge in [-0.3, -0.25) is 4.68 Å². The second-order valence-electron chi connectivity index (χ2n) is 4.63. The first kappa shape index (κ1) is 13.4. The summed E-state index contributed by atoms with van der Waals surface area (Å²) in [6.45, 7) is 0.734. The molecule has 0 aliphatic heterocycles. The Bertz CT molecular complexity index is 520. The molecule has 0 saturated carbocycles. The minimum Gasteiger partial charge on any atom is -0.497 e. The maximum Gasteiger partial charge on any atom is 0.119 e. The standard InChI is InChI=1S/C14H20N4O/c1-17(12-4-6-13(19-3)7-5-12)10-14(15)11-8-16-18(2)9-11/h4-9,14H,10,15H2,1-3H3. The normalized spacial score (nSPS) is 12.2. The van der Waals surface area contributed by atoms with Crippen molar-refractivity contribution in [1.82, 2.24) is 9.78 Å². The van der Waals surface area contributed by atoms with Gasteiger partial charge in [0.2, 0.25) is 0 Å². The van der Waals surface area contributed by atoms with Crippen molar-refractivity contribution in [2.45, 2.75) is 6.04 Å². The van der Waals surface area contributed by atoms with Gasteiger partial charge in [-0.15, -0.1) is 0 Å². The molecule has 1 aromatic carbocycles. The zero-order valence-corrected chi connectivity index (χ0v) is 11.6. The van der Waals surface area contributed by atoms with Crippen molar-refractivity contribution in [3.8, 4) is 5.75 Å². The topological polar surface area (TPSA) is 56.3 Å². The lowest BCUT2D eigenvalue weighted by Gasteiger charge is -2.23. The molecule has 1 atom stereocenters. The van der Waals surface area contributed by atoms with Crippen LogP contribution in [0.3, 0.4) is 0 Å². The summed E-state index contributed by atoms with van der Waals surface area (Å²) in [7, 11) is 5.58. The smallest absolute Gasteiger partial charge is 0.119 e. The SMILES string of the molecule is COc1ccc(N(C)CC(N)c2cnn(C)c2)cc1. The Balaban J connectivity index is 2.01. The van der Waals surface area contributed by atoms with Crippen LogP contribution in [0.1, 0.15) is 11.6 Å². The molecule has 0 aliphatic carbocycles. The number of nitrogens with two attached hydrogens (primary N) is 1. The van der Waals surface area contributed by atoms with Gasteiger partial charge in [-0.25, -0.2) is 0 Å². The molecule has 1 heterocycles. The lowest BCUT2D eigenvalue weighted by Crippen LogP contribution is -2.28. The molecule has 5 heteroatoms. The van der Waals surface area contributed by atoms with Crippen LogP contribution in [0.2, 0.25) is 0 Å². The predicted octanol–water partition coefficient (Wildman–Crippen LogP) is 1.56. The fourth-order valence-corrected chi connectivity index (χ4v) is 1.97. The number of hydrogen-bond acceptors (Lipinski definition) is 4. The summed E-state index contributed by atoms with van der Waals surface area (Å²) < 4.78 is 6.91. The Hall–Kier alpha value is -2.01. The summed E-state index contributed by atoms with van der Waals surface area (Å²) in [4.78, 5) is 2.12. The number of hydrogen-bond donors (Lipinski definition) is 1. The van der Waals surface area contributed by atoms with E-state index in [-0.39, 0.29) is 6.04 Å². The second-order valence-corrected chi connectivity index (χ2v) is 4.63. The van der Waals surface area contributed by atoms with E-state index < -0.39 is 0 Å². The van der Waals surface area contributed by atoms with Crippen molar-refractivity contribution in [3.05, 3.63) is 42.2 Å². The molecule has 0 aliphatic rings. The number of aromatic nitrogens is 2. The van der Waals surface area contributed by atoms with Gasteiger partial charge >= 0.3 is 0 Å². The van der Waals surface area contributed by atoms with E-state index in [0.717, 1.165) is 23.5 Å².